The monoisotopic (exact) mass is 587 g/mol. The van der Waals surface area contributed by atoms with Crippen LogP contribution in [0.15, 0.2) is 76.4 Å². The SMILES string of the molecule is CN(C)[C@@H]1C[C@@H](C(=O)CCc2ccnc(-c3ccc(C(F)(F)F)cc3O)c2)N(S(=O)(=O)c2cc3ccccc3o2)C1. The van der Waals surface area contributed by atoms with Crippen molar-refractivity contribution in [3.8, 4) is 17.0 Å². The van der Waals surface area contributed by atoms with E-state index in [1.807, 2.05) is 19.0 Å². The second kappa shape index (κ2) is 10.9. The van der Waals surface area contributed by atoms with E-state index in [9.17, 15) is 31.5 Å². The number of alkyl halides is 3. The number of rotatable bonds is 8. The number of fused-ring (bicyclic) bond motifs is 1. The van der Waals surface area contributed by atoms with E-state index in [2.05, 4.69) is 4.98 Å². The van der Waals surface area contributed by atoms with Gasteiger partial charge in [0.15, 0.2) is 5.78 Å². The molecule has 216 valence electrons. The molecule has 2 aromatic heterocycles. The predicted octanol–water partition coefficient (Wildman–Crippen LogP) is 5.11. The molecular weight excluding hydrogens is 559 g/mol. The van der Waals surface area contributed by atoms with Crippen LogP contribution in [0, 0.1) is 0 Å². The Morgan fingerprint density at radius 1 is 1.12 bits per heavy atom. The van der Waals surface area contributed by atoms with Crippen molar-refractivity contribution in [3.05, 3.63) is 78.0 Å². The Morgan fingerprint density at radius 3 is 2.56 bits per heavy atom. The summed E-state index contributed by atoms with van der Waals surface area (Å²) in [6.45, 7) is 0.134. The van der Waals surface area contributed by atoms with E-state index in [0.29, 0.717) is 29.0 Å². The van der Waals surface area contributed by atoms with Gasteiger partial charge in [-0.05, 0) is 68.9 Å². The van der Waals surface area contributed by atoms with E-state index in [1.54, 1.807) is 36.4 Å². The van der Waals surface area contributed by atoms with Crippen LogP contribution in [0.5, 0.6) is 5.75 Å². The van der Waals surface area contributed by atoms with Crippen LogP contribution in [0.2, 0.25) is 0 Å². The summed E-state index contributed by atoms with van der Waals surface area (Å²) in [5.41, 5.74) is 0.499. The summed E-state index contributed by atoms with van der Waals surface area (Å²) in [5, 5.41) is 10.6. The third-order valence-electron chi connectivity index (χ3n) is 7.39. The summed E-state index contributed by atoms with van der Waals surface area (Å²) in [7, 11) is -0.440. The Kier molecular flexibility index (Phi) is 7.66. The molecule has 8 nitrogen and oxygen atoms in total. The van der Waals surface area contributed by atoms with Crippen molar-refractivity contribution >= 4 is 26.8 Å². The molecule has 0 spiro atoms. The summed E-state index contributed by atoms with van der Waals surface area (Å²) >= 11 is 0. The molecule has 1 N–H and O–H groups in total. The minimum Gasteiger partial charge on any atom is -0.507 e. The first-order chi connectivity index (χ1) is 19.3. The van der Waals surface area contributed by atoms with Gasteiger partial charge in [0.1, 0.15) is 11.3 Å². The molecule has 1 aliphatic rings. The van der Waals surface area contributed by atoms with E-state index in [4.69, 9.17) is 4.42 Å². The van der Waals surface area contributed by atoms with Crippen LogP contribution in [0.1, 0.15) is 24.0 Å². The standard InChI is InChI=1S/C29H28F3N3O5S/c1-34(2)21-16-24(35(17-21)41(38,39)28-14-19-5-3-4-6-27(19)40-28)25(36)10-7-18-11-12-33-23(13-18)22-9-8-20(15-26(22)37)29(30,31)32/h3-6,8-9,11-15,21,24,37H,7,10,16-17H2,1-2H3/t21-,24+/m1/s1. The summed E-state index contributed by atoms with van der Waals surface area (Å²) < 4.78 is 73.1. The number of aromatic nitrogens is 1. The molecule has 1 aliphatic heterocycles. The Morgan fingerprint density at radius 2 is 1.88 bits per heavy atom. The highest BCUT2D eigenvalue weighted by Gasteiger charge is 2.45. The van der Waals surface area contributed by atoms with E-state index < -0.39 is 33.6 Å². The first-order valence-electron chi connectivity index (χ1n) is 12.9. The largest absolute Gasteiger partial charge is 0.507 e. The summed E-state index contributed by atoms with van der Waals surface area (Å²) in [6, 6.07) is 13.3. The van der Waals surface area contributed by atoms with Gasteiger partial charge in [0, 0.05) is 42.2 Å². The Labute approximate surface area is 235 Å². The number of ketones is 1. The number of phenolic OH excluding ortho intramolecular Hbond substituents is 1. The molecule has 0 bridgehead atoms. The summed E-state index contributed by atoms with van der Waals surface area (Å²) in [5.74, 6) is -0.822. The van der Waals surface area contributed by atoms with Gasteiger partial charge in [0.25, 0.3) is 10.0 Å². The van der Waals surface area contributed by atoms with Gasteiger partial charge in [-0.1, -0.05) is 18.2 Å². The first-order valence-corrected chi connectivity index (χ1v) is 14.3. The van der Waals surface area contributed by atoms with Crippen molar-refractivity contribution in [1.29, 1.82) is 0 Å². The maximum atomic E-state index is 13.6. The number of phenols is 1. The number of Topliss-reactive ketones (excluding diaryl/α,β-unsaturated/α-hetero) is 1. The molecule has 3 heterocycles. The molecule has 0 radical (unpaired) electrons. The zero-order chi connectivity index (χ0) is 29.5. The van der Waals surface area contributed by atoms with Gasteiger partial charge < -0.3 is 14.4 Å². The van der Waals surface area contributed by atoms with Gasteiger partial charge in [-0.15, -0.1) is 0 Å². The van der Waals surface area contributed by atoms with Crippen molar-refractivity contribution in [2.24, 2.45) is 0 Å². The average molecular weight is 588 g/mol. The number of likely N-dealkylation sites (N-methyl/N-ethyl adjacent to an activating group) is 1. The number of pyridine rings is 1. The smallest absolute Gasteiger partial charge is 0.416 e. The molecule has 12 heteroatoms. The lowest BCUT2D eigenvalue weighted by Crippen LogP contribution is -2.41. The summed E-state index contributed by atoms with van der Waals surface area (Å²) in [6.07, 6.45) is -2.55. The van der Waals surface area contributed by atoms with E-state index in [0.717, 1.165) is 12.1 Å². The number of para-hydroxylation sites is 1. The number of carbonyl (C=O) groups is 1. The first kappa shape index (κ1) is 28.8. The molecule has 0 amide bonds. The zero-order valence-electron chi connectivity index (χ0n) is 22.3. The van der Waals surface area contributed by atoms with Crippen molar-refractivity contribution in [2.45, 2.75) is 42.6 Å². The van der Waals surface area contributed by atoms with Gasteiger partial charge in [-0.25, -0.2) is 8.42 Å². The molecule has 0 aliphatic carbocycles. The van der Waals surface area contributed by atoms with Crippen LogP contribution in [0.3, 0.4) is 0 Å². The van der Waals surface area contributed by atoms with Crippen LogP contribution in [0.4, 0.5) is 13.2 Å². The fourth-order valence-corrected chi connectivity index (χ4v) is 6.66. The van der Waals surface area contributed by atoms with Crippen LogP contribution in [0.25, 0.3) is 22.2 Å². The second-order valence-electron chi connectivity index (χ2n) is 10.3. The van der Waals surface area contributed by atoms with Gasteiger partial charge in [0.2, 0.25) is 5.09 Å². The number of aromatic hydroxyl groups is 1. The quantitative estimate of drug-likeness (QED) is 0.305. The number of hydrogen-bond acceptors (Lipinski definition) is 7. The lowest BCUT2D eigenvalue weighted by molar-refractivity contribution is -0.137. The molecular formula is C29H28F3N3O5S. The molecule has 5 rings (SSSR count). The second-order valence-corrected chi connectivity index (χ2v) is 12.1. The number of aryl methyl sites for hydroxylation is 1. The Hall–Kier alpha value is -3.74. The van der Waals surface area contributed by atoms with Crippen molar-refractivity contribution < 1.29 is 35.9 Å². The zero-order valence-corrected chi connectivity index (χ0v) is 23.1. The van der Waals surface area contributed by atoms with E-state index >= 15 is 0 Å². The van der Waals surface area contributed by atoms with E-state index in [1.165, 1.54) is 16.6 Å². The van der Waals surface area contributed by atoms with Crippen LogP contribution in [-0.2, 0) is 27.4 Å². The highest BCUT2D eigenvalue weighted by molar-refractivity contribution is 7.89. The highest BCUT2D eigenvalue weighted by atomic mass is 32.2. The molecule has 1 fully saturated rings. The third-order valence-corrected chi connectivity index (χ3v) is 9.12. The number of nitrogens with zero attached hydrogens (tertiary/aromatic N) is 3. The maximum Gasteiger partial charge on any atom is 0.416 e. The van der Waals surface area contributed by atoms with E-state index in [-0.39, 0.29) is 47.6 Å². The molecule has 4 aromatic rings. The highest BCUT2D eigenvalue weighted by Crippen LogP contribution is 2.36. The number of carbonyl (C=O) groups excluding carboxylic acids is 1. The van der Waals surface area contributed by atoms with Gasteiger partial charge in [0.05, 0.1) is 17.3 Å². The number of benzene rings is 2. The predicted molar refractivity (Wildman–Crippen MR) is 146 cm³/mol. The fraction of sp³-hybridized carbons (Fsp3) is 0.310. The van der Waals surface area contributed by atoms with Crippen molar-refractivity contribution in [1.82, 2.24) is 14.2 Å². The number of sulfonamides is 1. The third kappa shape index (κ3) is 5.85. The maximum absolute atomic E-state index is 13.6. The fourth-order valence-electron chi connectivity index (χ4n) is 5.05. The Bertz CT molecular complexity index is 1670. The molecule has 2 atom stereocenters. The van der Waals surface area contributed by atoms with Gasteiger partial charge >= 0.3 is 6.18 Å². The molecule has 0 unspecified atom stereocenters. The lowest BCUT2D eigenvalue weighted by atomic mass is 10.00. The topological polar surface area (TPSA) is 104 Å². The van der Waals surface area contributed by atoms with Gasteiger partial charge in [-0.3, -0.25) is 9.78 Å². The number of hydrogen-bond donors (Lipinski definition) is 1. The minimum atomic E-state index is -4.59. The molecule has 41 heavy (non-hydrogen) atoms. The van der Waals surface area contributed by atoms with Gasteiger partial charge in [-0.2, -0.15) is 17.5 Å². The summed E-state index contributed by atoms with van der Waals surface area (Å²) in [4.78, 5) is 19.5. The van der Waals surface area contributed by atoms with Crippen LogP contribution in [-0.4, -0.2) is 66.2 Å². The molecule has 0 saturated carbocycles. The molecule has 1 saturated heterocycles. The van der Waals surface area contributed by atoms with Crippen LogP contribution < -0.4 is 0 Å². The normalized spacial score (nSPS) is 18.4. The van der Waals surface area contributed by atoms with Crippen LogP contribution >= 0.6 is 0 Å². The number of furan rings is 1. The minimum absolute atomic E-state index is 0.0272. The Balaban J connectivity index is 1.35. The molecule has 2 aromatic carbocycles. The van der Waals surface area contributed by atoms with Crippen molar-refractivity contribution in [2.75, 3.05) is 20.6 Å². The lowest BCUT2D eigenvalue weighted by Gasteiger charge is -2.22. The average Bonchev–Trinajstić information content (AvgIpc) is 3.58. The van der Waals surface area contributed by atoms with Crippen molar-refractivity contribution in [3.63, 3.8) is 0 Å². The number of halogens is 3.